The van der Waals surface area contributed by atoms with Gasteiger partial charge in [-0.05, 0) is 25.2 Å². The number of halogens is 5. The summed E-state index contributed by atoms with van der Waals surface area (Å²) in [6.07, 6.45) is 0. The molecule has 5 nitrogen and oxygen atoms in total. The summed E-state index contributed by atoms with van der Waals surface area (Å²) in [5.41, 5.74) is -0.126. The van der Waals surface area contributed by atoms with Crippen LogP contribution < -0.4 is 9.92 Å². The molecule has 27 heavy (non-hydrogen) atoms. The summed E-state index contributed by atoms with van der Waals surface area (Å²) in [4.78, 5) is 9.97. The average Bonchev–Trinajstić information content (AvgIpc) is 2.62. The van der Waals surface area contributed by atoms with Crippen LogP contribution in [-0.4, -0.2) is 26.5 Å². The third-order valence-electron chi connectivity index (χ3n) is 3.67. The van der Waals surface area contributed by atoms with Gasteiger partial charge >= 0.3 is 0 Å². The molecule has 0 aliphatic carbocycles. The molecule has 0 fully saturated rings. The van der Waals surface area contributed by atoms with Crippen LogP contribution in [0.15, 0.2) is 24.3 Å². The Hall–Kier alpha value is -2.53. The zero-order chi connectivity index (χ0) is 20.4. The van der Waals surface area contributed by atoms with Gasteiger partial charge in [-0.1, -0.05) is 0 Å². The summed E-state index contributed by atoms with van der Waals surface area (Å²) in [7, 11) is -3.48. The second-order valence-electron chi connectivity index (χ2n) is 5.90. The van der Waals surface area contributed by atoms with Crippen LogP contribution in [0.5, 0.6) is 5.75 Å². The van der Waals surface area contributed by atoms with Gasteiger partial charge in [-0.15, -0.1) is 0 Å². The summed E-state index contributed by atoms with van der Waals surface area (Å²) in [6.45, 7) is 2.30. The second-order valence-corrected chi connectivity index (χ2v) is 9.71. The molecule has 0 atom stereocenters. The number of non-ortho nitro benzene ring substituents is 1. The lowest BCUT2D eigenvalue weighted by molar-refractivity contribution is -0.384. The fourth-order valence-electron chi connectivity index (χ4n) is 2.33. The van der Waals surface area contributed by atoms with Crippen molar-refractivity contribution in [1.29, 1.82) is 0 Å². The van der Waals surface area contributed by atoms with E-state index in [4.69, 9.17) is 9.16 Å². The fraction of sp³-hybridized carbons (Fsp3) is 0.250. The number of nitrogens with zero attached hydrogens (tertiary/aromatic N) is 1. The van der Waals surface area contributed by atoms with Crippen LogP contribution in [-0.2, 0) is 4.43 Å². The lowest BCUT2D eigenvalue weighted by atomic mass is 10.3. The van der Waals surface area contributed by atoms with E-state index in [-0.39, 0.29) is 18.9 Å². The smallest absolute Gasteiger partial charge is 0.269 e. The Morgan fingerprint density at radius 1 is 0.889 bits per heavy atom. The predicted octanol–water partition coefficient (Wildman–Crippen LogP) is 3.80. The van der Waals surface area contributed by atoms with Crippen molar-refractivity contribution in [3.63, 3.8) is 0 Å². The van der Waals surface area contributed by atoms with Gasteiger partial charge in [0.15, 0.2) is 23.3 Å². The number of hydrogen-bond donors (Lipinski definition) is 0. The van der Waals surface area contributed by atoms with Crippen molar-refractivity contribution in [2.75, 3.05) is 13.2 Å². The zero-order valence-electron chi connectivity index (χ0n) is 14.2. The quantitative estimate of drug-likeness (QED) is 0.133. The maximum absolute atomic E-state index is 13.9. The van der Waals surface area contributed by atoms with Crippen LogP contribution in [0.1, 0.15) is 0 Å². The van der Waals surface area contributed by atoms with Crippen LogP contribution in [0.3, 0.4) is 0 Å². The van der Waals surface area contributed by atoms with E-state index in [1.54, 1.807) is 0 Å². The maximum Gasteiger partial charge on any atom is 0.269 e. The minimum absolute atomic E-state index is 0.0936. The molecule has 0 unspecified atom stereocenters. The summed E-state index contributed by atoms with van der Waals surface area (Å²) in [6, 6.07) is 5.16. The molecule has 0 amide bonds. The Labute approximate surface area is 151 Å². The van der Waals surface area contributed by atoms with E-state index < -0.39 is 47.5 Å². The van der Waals surface area contributed by atoms with E-state index in [9.17, 15) is 32.1 Å². The molecule has 0 radical (unpaired) electrons. The molecule has 2 aromatic carbocycles. The summed E-state index contributed by atoms with van der Waals surface area (Å²) in [5.74, 6) is -9.77. The topological polar surface area (TPSA) is 61.6 Å². The van der Waals surface area contributed by atoms with Gasteiger partial charge in [-0.25, -0.2) is 22.0 Å². The molecule has 11 heteroatoms. The number of benzene rings is 2. The van der Waals surface area contributed by atoms with Crippen molar-refractivity contribution >= 4 is 19.2 Å². The summed E-state index contributed by atoms with van der Waals surface area (Å²) < 4.78 is 78.4. The molecule has 0 spiro atoms. The van der Waals surface area contributed by atoms with Gasteiger partial charge in [0.05, 0.1) is 11.5 Å². The number of nitro benzene ring substituents is 1. The SMILES string of the molecule is C[Si](C)(OCCOc1ccc([N+](=O)[O-])cc1)c1c(F)c(F)c(F)c(F)c1F. The van der Waals surface area contributed by atoms with Gasteiger partial charge < -0.3 is 9.16 Å². The summed E-state index contributed by atoms with van der Waals surface area (Å²) in [5, 5.41) is 9.60. The number of rotatable bonds is 7. The molecular formula is C16H14F5NO4Si. The van der Waals surface area contributed by atoms with Crippen molar-refractivity contribution in [2.24, 2.45) is 0 Å². The van der Waals surface area contributed by atoms with Crippen LogP contribution in [0.4, 0.5) is 27.6 Å². The second kappa shape index (κ2) is 8.01. The molecule has 0 bridgehead atoms. The lowest BCUT2D eigenvalue weighted by Crippen LogP contribution is -2.50. The third-order valence-corrected chi connectivity index (χ3v) is 6.24. The molecule has 0 saturated carbocycles. The minimum atomic E-state index is -3.48. The van der Waals surface area contributed by atoms with Crippen LogP contribution in [0, 0.1) is 39.2 Å². The van der Waals surface area contributed by atoms with Gasteiger partial charge in [0.1, 0.15) is 12.4 Å². The first kappa shape index (κ1) is 20.8. The van der Waals surface area contributed by atoms with E-state index in [1.807, 2.05) is 0 Å². The van der Waals surface area contributed by atoms with Crippen LogP contribution in [0.25, 0.3) is 0 Å². The highest BCUT2D eigenvalue weighted by atomic mass is 28.4. The van der Waals surface area contributed by atoms with E-state index in [2.05, 4.69) is 0 Å². The first-order valence-corrected chi connectivity index (χ1v) is 10.5. The molecule has 146 valence electrons. The maximum atomic E-state index is 13.9. The monoisotopic (exact) mass is 407 g/mol. The third kappa shape index (κ3) is 4.42. The highest BCUT2D eigenvalue weighted by Gasteiger charge is 2.38. The van der Waals surface area contributed by atoms with Crippen LogP contribution >= 0.6 is 0 Å². The molecule has 2 aromatic rings. The van der Waals surface area contributed by atoms with Gasteiger partial charge in [0, 0.05) is 17.3 Å². The van der Waals surface area contributed by atoms with Crippen molar-refractivity contribution in [2.45, 2.75) is 13.1 Å². The summed E-state index contributed by atoms with van der Waals surface area (Å²) >= 11 is 0. The fourth-order valence-corrected chi connectivity index (χ4v) is 4.34. The molecule has 2 rings (SSSR count). The number of ether oxygens (including phenoxy) is 1. The van der Waals surface area contributed by atoms with Gasteiger partial charge in [-0.3, -0.25) is 10.1 Å². The zero-order valence-corrected chi connectivity index (χ0v) is 15.2. The van der Waals surface area contributed by atoms with Crippen LogP contribution in [0.2, 0.25) is 13.1 Å². The van der Waals surface area contributed by atoms with Crippen molar-refractivity contribution < 1.29 is 36.0 Å². The molecule has 0 aliphatic rings. The van der Waals surface area contributed by atoms with Gasteiger partial charge in [0.25, 0.3) is 5.69 Å². The first-order valence-electron chi connectivity index (χ1n) is 7.59. The largest absolute Gasteiger partial charge is 0.491 e. The van der Waals surface area contributed by atoms with E-state index in [0.717, 1.165) is 0 Å². The standard InChI is InChI=1S/C16H14F5NO4Si/c1-27(2,16-14(20)12(18)11(17)13(19)15(16)21)26-8-7-25-10-5-3-9(4-6-10)22(23)24/h3-6H,7-8H2,1-2H3. The van der Waals surface area contributed by atoms with Gasteiger partial charge in [-0.2, -0.15) is 0 Å². The van der Waals surface area contributed by atoms with E-state index >= 15 is 0 Å². The Bertz CT molecular complexity index is 832. The van der Waals surface area contributed by atoms with E-state index in [1.165, 1.54) is 37.4 Å². The molecule has 0 N–H and O–H groups in total. The minimum Gasteiger partial charge on any atom is -0.491 e. The Kier molecular flexibility index (Phi) is 6.16. The predicted molar refractivity (Wildman–Crippen MR) is 87.9 cm³/mol. The molecule has 0 aromatic heterocycles. The van der Waals surface area contributed by atoms with Crippen molar-refractivity contribution in [3.05, 3.63) is 63.5 Å². The first-order chi connectivity index (χ1) is 12.6. The molecule has 0 saturated heterocycles. The lowest BCUT2D eigenvalue weighted by Gasteiger charge is -2.24. The normalized spacial score (nSPS) is 11.5. The average molecular weight is 407 g/mol. The molecule has 0 aliphatic heterocycles. The highest BCUT2D eigenvalue weighted by Crippen LogP contribution is 2.21. The van der Waals surface area contributed by atoms with Gasteiger partial charge in [0.2, 0.25) is 14.1 Å². The van der Waals surface area contributed by atoms with E-state index in [0.29, 0.717) is 5.75 Å². The Morgan fingerprint density at radius 2 is 1.37 bits per heavy atom. The number of hydrogen-bond acceptors (Lipinski definition) is 4. The number of nitro groups is 1. The van der Waals surface area contributed by atoms with Crippen molar-refractivity contribution in [1.82, 2.24) is 0 Å². The molecule has 0 heterocycles. The highest BCUT2D eigenvalue weighted by molar-refractivity contribution is 6.84. The molecular weight excluding hydrogens is 393 g/mol. The Balaban J connectivity index is 2.04. The van der Waals surface area contributed by atoms with Crippen molar-refractivity contribution in [3.8, 4) is 5.75 Å². The Morgan fingerprint density at radius 3 is 1.85 bits per heavy atom.